The molecule has 4 N–H and O–H groups in total. The molecule has 170 valence electrons. The van der Waals surface area contributed by atoms with Gasteiger partial charge in [0.05, 0.1) is 18.3 Å². The van der Waals surface area contributed by atoms with Crippen LogP contribution in [0.1, 0.15) is 77.6 Å². The van der Waals surface area contributed by atoms with Crippen LogP contribution in [0.5, 0.6) is 0 Å². The van der Waals surface area contributed by atoms with Gasteiger partial charge in [0.15, 0.2) is 5.13 Å². The molecule has 0 bridgehead atoms. The van der Waals surface area contributed by atoms with E-state index in [0.29, 0.717) is 18.0 Å². The Bertz CT molecular complexity index is 623. The van der Waals surface area contributed by atoms with Crippen LogP contribution >= 0.6 is 11.3 Å². The van der Waals surface area contributed by atoms with Crippen LogP contribution in [-0.2, 0) is 4.79 Å². The summed E-state index contributed by atoms with van der Waals surface area (Å²) in [5, 5.41) is 36.0. The van der Waals surface area contributed by atoms with Gasteiger partial charge in [-0.2, -0.15) is 0 Å². The van der Waals surface area contributed by atoms with E-state index in [4.69, 9.17) is 0 Å². The lowest BCUT2D eigenvalue weighted by molar-refractivity contribution is -0.116. The number of nitrogens with zero attached hydrogens (tertiary/aromatic N) is 1. The topological polar surface area (TPSA) is 103 Å². The van der Waals surface area contributed by atoms with Crippen molar-refractivity contribution in [2.45, 2.75) is 95.9 Å². The van der Waals surface area contributed by atoms with E-state index in [0.717, 1.165) is 57.8 Å². The first-order chi connectivity index (χ1) is 14.5. The van der Waals surface area contributed by atoms with Crippen molar-refractivity contribution in [3.05, 3.63) is 23.7 Å². The highest BCUT2D eigenvalue weighted by Gasteiger charge is 2.39. The number of aromatic nitrogens is 1. The van der Waals surface area contributed by atoms with Crippen molar-refractivity contribution < 1.29 is 20.1 Å². The summed E-state index contributed by atoms with van der Waals surface area (Å²) >= 11 is 1.42. The van der Waals surface area contributed by atoms with E-state index in [1.54, 1.807) is 12.3 Å². The Morgan fingerprint density at radius 3 is 2.77 bits per heavy atom. The molecule has 0 aliphatic heterocycles. The predicted molar refractivity (Wildman–Crippen MR) is 121 cm³/mol. The van der Waals surface area contributed by atoms with Gasteiger partial charge in [-0.25, -0.2) is 4.98 Å². The number of aliphatic hydroxyl groups is 3. The lowest BCUT2D eigenvalue weighted by Gasteiger charge is -2.21. The van der Waals surface area contributed by atoms with Gasteiger partial charge in [0.25, 0.3) is 0 Å². The smallest absolute Gasteiger partial charge is 0.226 e. The quantitative estimate of drug-likeness (QED) is 0.256. The fraction of sp³-hybridized carbons (Fsp3) is 0.739. The molecular weight excluding hydrogens is 400 g/mol. The Hall–Kier alpha value is -1.28. The Balaban J connectivity index is 1.65. The average molecular weight is 439 g/mol. The molecule has 1 aliphatic carbocycles. The summed E-state index contributed by atoms with van der Waals surface area (Å²) < 4.78 is 0. The van der Waals surface area contributed by atoms with Crippen molar-refractivity contribution >= 4 is 22.4 Å². The fourth-order valence-corrected chi connectivity index (χ4v) is 4.76. The van der Waals surface area contributed by atoms with Crippen molar-refractivity contribution in [1.29, 1.82) is 0 Å². The molecule has 1 aromatic rings. The summed E-state index contributed by atoms with van der Waals surface area (Å²) in [5.41, 5.74) is 0. The second kappa shape index (κ2) is 13.9. The molecule has 0 unspecified atom stereocenters. The molecule has 0 spiro atoms. The van der Waals surface area contributed by atoms with Crippen molar-refractivity contribution in [3.63, 3.8) is 0 Å². The summed E-state index contributed by atoms with van der Waals surface area (Å²) in [7, 11) is 0. The minimum absolute atomic E-state index is 0.00184. The summed E-state index contributed by atoms with van der Waals surface area (Å²) in [6.45, 7) is 2.14. The Morgan fingerprint density at radius 1 is 1.23 bits per heavy atom. The first-order valence-corrected chi connectivity index (χ1v) is 12.3. The molecule has 0 aromatic carbocycles. The first kappa shape index (κ1) is 25.0. The maximum absolute atomic E-state index is 11.9. The van der Waals surface area contributed by atoms with E-state index >= 15 is 0 Å². The second-order valence-electron chi connectivity index (χ2n) is 8.40. The number of anilines is 1. The zero-order valence-corrected chi connectivity index (χ0v) is 18.9. The van der Waals surface area contributed by atoms with Crippen molar-refractivity contribution in [1.82, 2.24) is 4.98 Å². The number of rotatable bonds is 14. The largest absolute Gasteiger partial charge is 0.393 e. The normalized spacial score (nSPS) is 25.1. The van der Waals surface area contributed by atoms with Gasteiger partial charge in [-0.3, -0.25) is 4.79 Å². The van der Waals surface area contributed by atoms with Gasteiger partial charge in [0.2, 0.25) is 5.91 Å². The Labute approximate surface area is 184 Å². The molecule has 1 amide bonds. The molecule has 1 aliphatic rings. The van der Waals surface area contributed by atoms with E-state index in [-0.39, 0.29) is 17.7 Å². The van der Waals surface area contributed by atoms with Crippen molar-refractivity contribution in [3.8, 4) is 0 Å². The number of amides is 1. The van der Waals surface area contributed by atoms with Gasteiger partial charge < -0.3 is 20.6 Å². The molecule has 30 heavy (non-hydrogen) atoms. The number of carbonyl (C=O) groups is 1. The van der Waals surface area contributed by atoms with Crippen LogP contribution in [0, 0.1) is 11.8 Å². The van der Waals surface area contributed by atoms with Crippen LogP contribution in [0.25, 0.3) is 0 Å². The molecule has 0 saturated heterocycles. The number of nitrogens with one attached hydrogen (secondary N) is 1. The molecule has 1 aromatic heterocycles. The van der Waals surface area contributed by atoms with Crippen molar-refractivity contribution in [2.75, 3.05) is 5.32 Å². The molecule has 5 atom stereocenters. The first-order valence-electron chi connectivity index (χ1n) is 11.4. The molecule has 6 nitrogen and oxygen atoms in total. The lowest BCUT2D eigenvalue weighted by atomic mass is 9.88. The monoisotopic (exact) mass is 438 g/mol. The van der Waals surface area contributed by atoms with Crippen LogP contribution < -0.4 is 5.32 Å². The highest BCUT2D eigenvalue weighted by molar-refractivity contribution is 7.13. The summed E-state index contributed by atoms with van der Waals surface area (Å²) in [5.74, 6) is -0.0563. The maximum atomic E-state index is 11.9. The Kier molecular flexibility index (Phi) is 11.6. The zero-order valence-electron chi connectivity index (χ0n) is 18.1. The molecule has 1 fully saturated rings. The highest BCUT2D eigenvalue weighted by atomic mass is 32.1. The van der Waals surface area contributed by atoms with Crippen LogP contribution in [-0.4, -0.2) is 44.5 Å². The van der Waals surface area contributed by atoms with Crippen LogP contribution in [0.2, 0.25) is 0 Å². The molecule has 0 radical (unpaired) electrons. The number of thiazole rings is 1. The second-order valence-corrected chi connectivity index (χ2v) is 9.29. The third-order valence-corrected chi connectivity index (χ3v) is 6.63. The highest BCUT2D eigenvalue weighted by Crippen LogP contribution is 2.37. The van der Waals surface area contributed by atoms with Gasteiger partial charge in [0.1, 0.15) is 0 Å². The molecule has 7 heteroatoms. The van der Waals surface area contributed by atoms with Gasteiger partial charge in [-0.1, -0.05) is 57.6 Å². The average Bonchev–Trinajstić information content (AvgIpc) is 3.30. The summed E-state index contributed by atoms with van der Waals surface area (Å²) in [6.07, 6.45) is 13.4. The third kappa shape index (κ3) is 8.84. The van der Waals surface area contributed by atoms with Gasteiger partial charge in [-0.15, -0.1) is 11.3 Å². The molecule has 1 heterocycles. The Morgan fingerprint density at radius 2 is 2.03 bits per heavy atom. The van der Waals surface area contributed by atoms with E-state index < -0.39 is 18.3 Å². The lowest BCUT2D eigenvalue weighted by Crippen LogP contribution is -2.21. The molecular formula is C23H38N2O4S. The fourth-order valence-electron chi connectivity index (χ4n) is 4.22. The third-order valence-electron chi connectivity index (χ3n) is 5.94. The number of hydrogen-bond donors (Lipinski definition) is 4. The molecule has 1 saturated carbocycles. The van der Waals surface area contributed by atoms with Crippen LogP contribution in [0.3, 0.4) is 0 Å². The maximum Gasteiger partial charge on any atom is 0.226 e. The van der Waals surface area contributed by atoms with Crippen LogP contribution in [0.15, 0.2) is 23.7 Å². The molecule has 2 rings (SSSR count). The van der Waals surface area contributed by atoms with E-state index in [9.17, 15) is 20.1 Å². The number of unbranched alkanes of at least 4 members (excludes halogenated alkanes) is 5. The SMILES string of the molecule is CCCCC[C@H](O)/C=C/[C@@H]1[C@@H](CCCCCCC(=O)Nc2nccs2)[C@@H](O)C[C@H]1O. The van der Waals surface area contributed by atoms with Crippen molar-refractivity contribution in [2.24, 2.45) is 11.8 Å². The summed E-state index contributed by atoms with van der Waals surface area (Å²) in [6, 6.07) is 0. The van der Waals surface area contributed by atoms with Gasteiger partial charge in [0, 0.05) is 30.3 Å². The van der Waals surface area contributed by atoms with E-state index in [2.05, 4.69) is 17.2 Å². The minimum atomic E-state index is -0.543. The zero-order chi connectivity index (χ0) is 21.8. The standard InChI is InChI=1S/C23H38N2O4S/c1-2-3-6-9-17(26)12-13-19-18(20(27)16-21(19)28)10-7-4-5-8-11-22(29)25-23-24-14-15-30-23/h12-15,17-21,26-28H,2-11,16H2,1H3,(H,24,25,29)/b13-12+/t17-,18+,19+,20-,21+/m0/s1. The minimum Gasteiger partial charge on any atom is -0.393 e. The number of hydrogen-bond acceptors (Lipinski definition) is 6. The predicted octanol–water partition coefficient (Wildman–Crippen LogP) is 4.28. The van der Waals surface area contributed by atoms with Crippen LogP contribution in [0.4, 0.5) is 5.13 Å². The summed E-state index contributed by atoms with van der Waals surface area (Å²) in [4.78, 5) is 15.9. The van der Waals surface area contributed by atoms with Gasteiger partial charge in [-0.05, 0) is 25.2 Å². The van der Waals surface area contributed by atoms with E-state index in [1.165, 1.54) is 11.3 Å². The van der Waals surface area contributed by atoms with E-state index in [1.807, 2.05) is 11.5 Å². The number of carbonyl (C=O) groups excluding carboxylic acids is 1. The number of aliphatic hydroxyl groups excluding tert-OH is 3. The van der Waals surface area contributed by atoms with Gasteiger partial charge >= 0.3 is 0 Å².